The highest BCUT2D eigenvalue weighted by Gasteiger charge is 2.20. The van der Waals surface area contributed by atoms with E-state index < -0.39 is 0 Å². The van der Waals surface area contributed by atoms with Crippen molar-refractivity contribution in [1.82, 2.24) is 5.32 Å². The fourth-order valence-electron chi connectivity index (χ4n) is 1.25. The molecule has 2 unspecified atom stereocenters. The Morgan fingerprint density at radius 3 is 2.29 bits per heavy atom. The van der Waals surface area contributed by atoms with Crippen LogP contribution in [0.3, 0.4) is 0 Å². The van der Waals surface area contributed by atoms with Crippen molar-refractivity contribution < 1.29 is 0 Å². The van der Waals surface area contributed by atoms with E-state index >= 15 is 0 Å². The number of hydrogen-bond acceptors (Lipinski definition) is 2. The predicted octanol–water partition coefficient (Wildman–Crippen LogP) is 2.53. The molecule has 0 rings (SSSR count). The monoisotopic (exact) mass is 200 g/mol. The summed E-state index contributed by atoms with van der Waals surface area (Å²) < 4.78 is 0. The lowest BCUT2D eigenvalue weighted by molar-refractivity contribution is 0.299. The molecule has 0 fully saturated rings. The molecular weight excluding hydrogens is 172 g/mol. The van der Waals surface area contributed by atoms with E-state index in [2.05, 4.69) is 39.9 Å². The molecule has 0 amide bonds. The summed E-state index contributed by atoms with van der Waals surface area (Å²) in [5.74, 6) is 0. The molecule has 0 aliphatic heterocycles. The number of unbranched alkanes of at least 4 members (excludes halogenated alkanes) is 1. The van der Waals surface area contributed by atoms with Crippen molar-refractivity contribution in [2.75, 3.05) is 6.54 Å². The number of rotatable bonds is 6. The summed E-state index contributed by atoms with van der Waals surface area (Å²) in [6, 6.07) is 0.843. The second-order valence-electron chi connectivity index (χ2n) is 5.42. The van der Waals surface area contributed by atoms with E-state index in [0.717, 1.165) is 6.54 Å². The molecule has 0 aliphatic rings. The average Bonchev–Trinajstić information content (AvgIpc) is 2.09. The van der Waals surface area contributed by atoms with E-state index in [4.69, 9.17) is 5.73 Å². The Balaban J connectivity index is 3.61. The Morgan fingerprint density at radius 1 is 1.29 bits per heavy atom. The second kappa shape index (κ2) is 6.41. The van der Waals surface area contributed by atoms with Crippen molar-refractivity contribution >= 4 is 0 Å². The first kappa shape index (κ1) is 13.9. The van der Waals surface area contributed by atoms with Gasteiger partial charge in [-0.15, -0.1) is 0 Å². The first-order valence-electron chi connectivity index (χ1n) is 5.87. The quantitative estimate of drug-likeness (QED) is 0.691. The number of nitrogens with one attached hydrogen (secondary N) is 1. The molecule has 0 aromatic heterocycles. The summed E-state index contributed by atoms with van der Waals surface area (Å²) in [7, 11) is 0. The van der Waals surface area contributed by atoms with Crippen LogP contribution in [-0.4, -0.2) is 18.6 Å². The minimum absolute atomic E-state index is 0.206. The third kappa shape index (κ3) is 6.39. The molecule has 3 N–H and O–H groups in total. The van der Waals surface area contributed by atoms with Gasteiger partial charge in [0.25, 0.3) is 0 Å². The summed E-state index contributed by atoms with van der Waals surface area (Å²) in [6.45, 7) is 12.0. The second-order valence-corrected chi connectivity index (χ2v) is 5.42. The van der Waals surface area contributed by atoms with Crippen LogP contribution < -0.4 is 11.1 Å². The van der Waals surface area contributed by atoms with Gasteiger partial charge in [0.05, 0.1) is 0 Å². The molecule has 2 atom stereocenters. The molecule has 2 nitrogen and oxygen atoms in total. The predicted molar refractivity (Wildman–Crippen MR) is 64.4 cm³/mol. The van der Waals surface area contributed by atoms with Crippen LogP contribution in [0.5, 0.6) is 0 Å². The van der Waals surface area contributed by atoms with Gasteiger partial charge in [-0.2, -0.15) is 0 Å². The molecule has 2 heteroatoms. The highest BCUT2D eigenvalue weighted by molar-refractivity contribution is 4.79. The van der Waals surface area contributed by atoms with E-state index in [1.165, 1.54) is 19.3 Å². The molecule has 0 aromatic carbocycles. The van der Waals surface area contributed by atoms with Crippen LogP contribution in [0.2, 0.25) is 0 Å². The maximum atomic E-state index is 6.07. The Kier molecular flexibility index (Phi) is 6.38. The summed E-state index contributed by atoms with van der Waals surface area (Å²) in [4.78, 5) is 0. The molecule has 14 heavy (non-hydrogen) atoms. The van der Waals surface area contributed by atoms with Crippen molar-refractivity contribution in [1.29, 1.82) is 0 Å². The molecule has 0 heterocycles. The largest absolute Gasteiger partial charge is 0.326 e. The van der Waals surface area contributed by atoms with E-state index in [-0.39, 0.29) is 11.5 Å². The minimum atomic E-state index is 0.206. The standard InChI is InChI=1S/C12H28N2/c1-6-7-8-10(2)14-9-11(13)12(3,4)5/h10-11,14H,6-9,13H2,1-5H3. The lowest BCUT2D eigenvalue weighted by Crippen LogP contribution is -2.45. The topological polar surface area (TPSA) is 38.0 Å². The van der Waals surface area contributed by atoms with E-state index in [1.807, 2.05) is 0 Å². The third-order valence-electron chi connectivity index (χ3n) is 2.79. The van der Waals surface area contributed by atoms with Gasteiger partial charge in [-0.25, -0.2) is 0 Å². The van der Waals surface area contributed by atoms with Gasteiger partial charge >= 0.3 is 0 Å². The van der Waals surface area contributed by atoms with E-state index in [0.29, 0.717) is 6.04 Å². The molecule has 0 spiro atoms. The van der Waals surface area contributed by atoms with Gasteiger partial charge in [0, 0.05) is 18.6 Å². The number of hydrogen-bond donors (Lipinski definition) is 2. The van der Waals surface area contributed by atoms with Gasteiger partial charge in [-0.1, -0.05) is 40.5 Å². The minimum Gasteiger partial charge on any atom is -0.326 e. The van der Waals surface area contributed by atoms with Crippen LogP contribution >= 0.6 is 0 Å². The van der Waals surface area contributed by atoms with Crippen molar-refractivity contribution in [2.24, 2.45) is 11.1 Å². The molecule has 0 aliphatic carbocycles. The fourth-order valence-corrected chi connectivity index (χ4v) is 1.25. The molecule has 0 radical (unpaired) electrons. The third-order valence-corrected chi connectivity index (χ3v) is 2.79. The van der Waals surface area contributed by atoms with Gasteiger partial charge in [0.2, 0.25) is 0 Å². The lowest BCUT2D eigenvalue weighted by atomic mass is 9.87. The summed E-state index contributed by atoms with van der Waals surface area (Å²) in [6.07, 6.45) is 3.84. The number of nitrogens with two attached hydrogens (primary N) is 1. The van der Waals surface area contributed by atoms with Crippen LogP contribution in [0.1, 0.15) is 53.9 Å². The fraction of sp³-hybridized carbons (Fsp3) is 1.00. The van der Waals surface area contributed by atoms with Crippen molar-refractivity contribution in [2.45, 2.75) is 66.0 Å². The average molecular weight is 200 g/mol. The Morgan fingerprint density at radius 2 is 1.86 bits per heavy atom. The van der Waals surface area contributed by atoms with Crippen LogP contribution in [0, 0.1) is 5.41 Å². The van der Waals surface area contributed by atoms with Crippen molar-refractivity contribution in [3.8, 4) is 0 Å². The highest BCUT2D eigenvalue weighted by Crippen LogP contribution is 2.16. The molecule has 0 saturated carbocycles. The lowest BCUT2D eigenvalue weighted by Gasteiger charge is -2.28. The zero-order chi connectivity index (χ0) is 11.2. The Labute approximate surface area is 89.6 Å². The Hall–Kier alpha value is -0.0800. The molecule has 0 aromatic rings. The maximum Gasteiger partial charge on any atom is 0.0214 e. The zero-order valence-corrected chi connectivity index (χ0v) is 10.6. The first-order chi connectivity index (χ1) is 6.38. The van der Waals surface area contributed by atoms with Crippen LogP contribution in [0.25, 0.3) is 0 Å². The molecule has 86 valence electrons. The van der Waals surface area contributed by atoms with Crippen LogP contribution in [-0.2, 0) is 0 Å². The first-order valence-corrected chi connectivity index (χ1v) is 5.87. The zero-order valence-electron chi connectivity index (χ0n) is 10.6. The van der Waals surface area contributed by atoms with Gasteiger partial charge in [-0.05, 0) is 18.8 Å². The maximum absolute atomic E-state index is 6.07. The summed E-state index contributed by atoms with van der Waals surface area (Å²) in [5, 5.41) is 3.50. The molecule has 0 bridgehead atoms. The van der Waals surface area contributed by atoms with E-state index in [9.17, 15) is 0 Å². The van der Waals surface area contributed by atoms with Gasteiger partial charge in [0.15, 0.2) is 0 Å². The highest BCUT2D eigenvalue weighted by atomic mass is 14.9. The van der Waals surface area contributed by atoms with Crippen LogP contribution in [0.4, 0.5) is 0 Å². The normalized spacial score (nSPS) is 16.7. The smallest absolute Gasteiger partial charge is 0.0214 e. The van der Waals surface area contributed by atoms with Gasteiger partial charge in [0.1, 0.15) is 0 Å². The van der Waals surface area contributed by atoms with E-state index in [1.54, 1.807) is 0 Å². The van der Waals surface area contributed by atoms with Gasteiger partial charge in [-0.3, -0.25) is 0 Å². The van der Waals surface area contributed by atoms with Gasteiger partial charge < -0.3 is 11.1 Å². The van der Waals surface area contributed by atoms with Crippen LogP contribution in [0.15, 0.2) is 0 Å². The molecular formula is C12H28N2. The molecule has 0 saturated heterocycles. The van der Waals surface area contributed by atoms with Crippen molar-refractivity contribution in [3.05, 3.63) is 0 Å². The Bertz CT molecular complexity index is 138. The summed E-state index contributed by atoms with van der Waals surface area (Å²) >= 11 is 0. The summed E-state index contributed by atoms with van der Waals surface area (Å²) in [5.41, 5.74) is 6.27. The SMILES string of the molecule is CCCCC(C)NCC(N)C(C)(C)C. The van der Waals surface area contributed by atoms with Crippen molar-refractivity contribution in [3.63, 3.8) is 0 Å².